The first-order chi connectivity index (χ1) is 12.2. The van der Waals surface area contributed by atoms with E-state index in [-0.39, 0.29) is 18.4 Å². The van der Waals surface area contributed by atoms with Crippen LogP contribution in [0.4, 0.5) is 5.69 Å². The summed E-state index contributed by atoms with van der Waals surface area (Å²) in [5.41, 5.74) is 1.50. The van der Waals surface area contributed by atoms with Crippen LogP contribution in [-0.2, 0) is 4.79 Å². The number of benzene rings is 1. The van der Waals surface area contributed by atoms with E-state index in [4.69, 9.17) is 9.15 Å². The van der Waals surface area contributed by atoms with Crippen LogP contribution in [0.2, 0.25) is 0 Å². The van der Waals surface area contributed by atoms with Gasteiger partial charge in [-0.2, -0.15) is 0 Å². The van der Waals surface area contributed by atoms with Gasteiger partial charge in [0.1, 0.15) is 12.0 Å². The SMILES string of the molecule is COc1cccc(N2CCN(C(=O)CNC(=O)c3ccoc3)CC2)c1. The molecule has 1 aliphatic rings. The minimum Gasteiger partial charge on any atom is -0.497 e. The smallest absolute Gasteiger partial charge is 0.254 e. The number of amides is 2. The van der Waals surface area contributed by atoms with Crippen LogP contribution in [0, 0.1) is 0 Å². The maximum atomic E-state index is 12.3. The number of furan rings is 1. The van der Waals surface area contributed by atoms with E-state index in [0.717, 1.165) is 24.5 Å². The average molecular weight is 343 g/mol. The number of nitrogens with one attached hydrogen (secondary N) is 1. The van der Waals surface area contributed by atoms with Gasteiger partial charge in [0.15, 0.2) is 0 Å². The van der Waals surface area contributed by atoms with Crippen molar-refractivity contribution in [3.8, 4) is 5.75 Å². The number of methoxy groups -OCH3 is 1. The fourth-order valence-electron chi connectivity index (χ4n) is 2.78. The molecule has 2 heterocycles. The Morgan fingerprint density at radius 1 is 1.20 bits per heavy atom. The Morgan fingerprint density at radius 3 is 2.68 bits per heavy atom. The number of carbonyl (C=O) groups excluding carboxylic acids is 2. The largest absolute Gasteiger partial charge is 0.497 e. The van der Waals surface area contributed by atoms with Crippen molar-refractivity contribution in [2.24, 2.45) is 0 Å². The summed E-state index contributed by atoms with van der Waals surface area (Å²) in [6.07, 6.45) is 2.78. The molecular weight excluding hydrogens is 322 g/mol. The van der Waals surface area contributed by atoms with Crippen molar-refractivity contribution in [2.75, 3.05) is 44.7 Å². The Bertz CT molecular complexity index is 722. The molecule has 0 saturated carbocycles. The fraction of sp³-hybridized carbons (Fsp3) is 0.333. The standard InChI is InChI=1S/C18H21N3O4/c1-24-16-4-2-3-15(11-16)20-6-8-21(9-7-20)17(22)12-19-18(23)14-5-10-25-13-14/h2-5,10-11,13H,6-9,12H2,1H3,(H,19,23). The van der Waals surface area contributed by atoms with Gasteiger partial charge >= 0.3 is 0 Å². The summed E-state index contributed by atoms with van der Waals surface area (Å²) >= 11 is 0. The van der Waals surface area contributed by atoms with E-state index in [1.54, 1.807) is 18.1 Å². The van der Waals surface area contributed by atoms with E-state index < -0.39 is 0 Å². The van der Waals surface area contributed by atoms with E-state index in [0.29, 0.717) is 18.7 Å². The zero-order valence-electron chi connectivity index (χ0n) is 14.1. The summed E-state index contributed by atoms with van der Waals surface area (Å²) < 4.78 is 10.1. The molecule has 1 saturated heterocycles. The number of carbonyl (C=O) groups is 2. The summed E-state index contributed by atoms with van der Waals surface area (Å²) in [6, 6.07) is 9.45. The van der Waals surface area contributed by atoms with E-state index >= 15 is 0 Å². The molecule has 0 radical (unpaired) electrons. The molecule has 3 rings (SSSR count). The summed E-state index contributed by atoms with van der Waals surface area (Å²) in [4.78, 5) is 28.1. The molecule has 0 spiro atoms. The third-order valence-corrected chi connectivity index (χ3v) is 4.23. The lowest BCUT2D eigenvalue weighted by Gasteiger charge is -2.36. The molecule has 132 valence electrons. The lowest BCUT2D eigenvalue weighted by Crippen LogP contribution is -2.51. The molecule has 0 aliphatic carbocycles. The molecule has 1 aromatic heterocycles. The minimum atomic E-state index is -0.308. The highest BCUT2D eigenvalue weighted by molar-refractivity contribution is 5.96. The number of hydrogen-bond donors (Lipinski definition) is 1. The summed E-state index contributed by atoms with van der Waals surface area (Å²) in [5.74, 6) is 0.428. The van der Waals surface area contributed by atoms with E-state index in [1.807, 2.05) is 24.3 Å². The van der Waals surface area contributed by atoms with Crippen molar-refractivity contribution in [2.45, 2.75) is 0 Å². The highest BCUT2D eigenvalue weighted by Crippen LogP contribution is 2.22. The van der Waals surface area contributed by atoms with Crippen molar-refractivity contribution in [3.63, 3.8) is 0 Å². The van der Waals surface area contributed by atoms with Gasteiger partial charge < -0.3 is 24.3 Å². The van der Waals surface area contributed by atoms with Crippen LogP contribution in [0.5, 0.6) is 5.75 Å². The summed E-state index contributed by atoms with van der Waals surface area (Å²) in [5, 5.41) is 2.62. The molecule has 0 unspecified atom stereocenters. The monoisotopic (exact) mass is 343 g/mol. The van der Waals surface area contributed by atoms with Crippen LogP contribution in [0.1, 0.15) is 10.4 Å². The van der Waals surface area contributed by atoms with Crippen molar-refractivity contribution in [1.29, 1.82) is 0 Å². The van der Waals surface area contributed by atoms with E-state index in [1.165, 1.54) is 12.5 Å². The second-order valence-electron chi connectivity index (χ2n) is 5.76. The molecule has 0 bridgehead atoms. The van der Waals surface area contributed by atoms with Gasteiger partial charge in [-0.1, -0.05) is 6.07 Å². The Balaban J connectivity index is 1.48. The van der Waals surface area contributed by atoms with Crippen molar-refractivity contribution >= 4 is 17.5 Å². The first-order valence-corrected chi connectivity index (χ1v) is 8.14. The Kier molecular flexibility index (Phi) is 5.23. The zero-order chi connectivity index (χ0) is 17.6. The van der Waals surface area contributed by atoms with Gasteiger partial charge in [-0.15, -0.1) is 0 Å². The number of hydrogen-bond acceptors (Lipinski definition) is 5. The molecule has 1 N–H and O–H groups in total. The fourth-order valence-corrected chi connectivity index (χ4v) is 2.78. The van der Waals surface area contributed by atoms with E-state index in [2.05, 4.69) is 10.2 Å². The number of piperazine rings is 1. The molecule has 25 heavy (non-hydrogen) atoms. The van der Waals surface area contributed by atoms with Gasteiger partial charge in [0.2, 0.25) is 5.91 Å². The minimum absolute atomic E-state index is 0.0107. The molecule has 1 fully saturated rings. The molecule has 7 nitrogen and oxygen atoms in total. The highest BCUT2D eigenvalue weighted by atomic mass is 16.5. The Hall–Kier alpha value is -2.96. The van der Waals surface area contributed by atoms with Crippen LogP contribution >= 0.6 is 0 Å². The van der Waals surface area contributed by atoms with Crippen LogP contribution in [0.3, 0.4) is 0 Å². The molecule has 0 atom stereocenters. The third kappa shape index (κ3) is 4.12. The van der Waals surface area contributed by atoms with Crippen molar-refractivity contribution < 1.29 is 18.7 Å². The molecule has 1 aromatic carbocycles. The maximum absolute atomic E-state index is 12.3. The Morgan fingerprint density at radius 2 is 2.00 bits per heavy atom. The summed E-state index contributed by atoms with van der Waals surface area (Å²) in [6.45, 7) is 2.72. The predicted octanol–water partition coefficient (Wildman–Crippen LogP) is 1.37. The molecule has 1 aliphatic heterocycles. The van der Waals surface area contributed by atoms with Crippen molar-refractivity contribution in [1.82, 2.24) is 10.2 Å². The quantitative estimate of drug-likeness (QED) is 0.887. The van der Waals surface area contributed by atoms with E-state index in [9.17, 15) is 9.59 Å². The first-order valence-electron chi connectivity index (χ1n) is 8.14. The second-order valence-corrected chi connectivity index (χ2v) is 5.76. The van der Waals surface area contributed by atoms with Gasteiger partial charge in [0, 0.05) is 37.9 Å². The number of anilines is 1. The highest BCUT2D eigenvalue weighted by Gasteiger charge is 2.22. The molecular formula is C18H21N3O4. The van der Waals surface area contributed by atoms with Gasteiger partial charge in [-0.25, -0.2) is 0 Å². The summed E-state index contributed by atoms with van der Waals surface area (Å²) in [7, 11) is 1.65. The normalized spacial score (nSPS) is 14.3. The lowest BCUT2D eigenvalue weighted by atomic mass is 10.2. The molecule has 2 aromatic rings. The lowest BCUT2D eigenvalue weighted by molar-refractivity contribution is -0.130. The molecule has 7 heteroatoms. The van der Waals surface area contributed by atoms with Gasteiger partial charge in [0.25, 0.3) is 5.91 Å². The predicted molar refractivity (Wildman–Crippen MR) is 92.8 cm³/mol. The van der Waals surface area contributed by atoms with Crippen LogP contribution < -0.4 is 15.0 Å². The zero-order valence-corrected chi connectivity index (χ0v) is 14.1. The van der Waals surface area contributed by atoms with Crippen LogP contribution in [0.15, 0.2) is 47.3 Å². The number of ether oxygens (including phenoxy) is 1. The molecule has 2 amide bonds. The Labute approximate surface area is 146 Å². The second kappa shape index (κ2) is 7.74. The maximum Gasteiger partial charge on any atom is 0.254 e. The number of nitrogens with zero attached hydrogens (tertiary/aromatic N) is 2. The van der Waals surface area contributed by atoms with Crippen LogP contribution in [0.25, 0.3) is 0 Å². The van der Waals surface area contributed by atoms with Crippen LogP contribution in [-0.4, -0.2) is 56.5 Å². The average Bonchev–Trinajstić information content (AvgIpc) is 3.21. The van der Waals surface area contributed by atoms with Gasteiger partial charge in [0.05, 0.1) is 25.5 Å². The third-order valence-electron chi connectivity index (χ3n) is 4.23. The first kappa shape index (κ1) is 16.9. The number of rotatable bonds is 5. The topological polar surface area (TPSA) is 75.0 Å². The van der Waals surface area contributed by atoms with Gasteiger partial charge in [-0.3, -0.25) is 9.59 Å². The van der Waals surface area contributed by atoms with Crippen molar-refractivity contribution in [3.05, 3.63) is 48.4 Å². The van der Waals surface area contributed by atoms with Gasteiger partial charge in [-0.05, 0) is 18.2 Å².